The summed E-state index contributed by atoms with van der Waals surface area (Å²) in [6.45, 7) is 4.53. The maximum absolute atomic E-state index is 14.2. The van der Waals surface area contributed by atoms with Gasteiger partial charge in [0, 0.05) is 30.9 Å². The fourth-order valence-corrected chi connectivity index (χ4v) is 6.06. The van der Waals surface area contributed by atoms with Crippen molar-refractivity contribution in [2.24, 2.45) is 4.99 Å². The Hall–Kier alpha value is -2.74. The SMILES string of the molecule is CC1=NC(C(=O)N2CCCC[C@H]2Cc2nc3c(F)cccn3c2C)C(c2ccc(F)cc2)S1. The minimum Gasteiger partial charge on any atom is -0.337 e. The second-order valence-electron chi connectivity index (χ2n) is 8.76. The molecule has 0 radical (unpaired) electrons. The van der Waals surface area contributed by atoms with Crippen LogP contribution in [0.2, 0.25) is 0 Å². The Kier molecular flexibility index (Phi) is 5.95. The molecule has 172 valence electrons. The molecule has 0 spiro atoms. The summed E-state index contributed by atoms with van der Waals surface area (Å²) >= 11 is 1.56. The van der Waals surface area contributed by atoms with Gasteiger partial charge in [-0.15, -0.1) is 11.8 Å². The molecule has 5 rings (SSSR count). The number of hydrogen-bond donors (Lipinski definition) is 0. The minimum absolute atomic E-state index is 0.00553. The van der Waals surface area contributed by atoms with E-state index in [-0.39, 0.29) is 28.8 Å². The molecule has 3 aromatic rings. The molecule has 4 heterocycles. The van der Waals surface area contributed by atoms with Crippen LogP contribution >= 0.6 is 11.8 Å². The number of pyridine rings is 1. The smallest absolute Gasteiger partial charge is 0.249 e. The normalized spacial score (nSPS) is 23.2. The minimum atomic E-state index is -0.527. The van der Waals surface area contributed by atoms with Crippen LogP contribution in [-0.2, 0) is 11.2 Å². The van der Waals surface area contributed by atoms with Gasteiger partial charge in [-0.1, -0.05) is 12.1 Å². The molecular weight excluding hydrogens is 442 g/mol. The van der Waals surface area contributed by atoms with Gasteiger partial charge in [0.15, 0.2) is 11.5 Å². The van der Waals surface area contributed by atoms with Crippen LogP contribution in [0.1, 0.15) is 48.4 Å². The van der Waals surface area contributed by atoms with Crippen molar-refractivity contribution in [2.75, 3.05) is 6.54 Å². The van der Waals surface area contributed by atoms with Gasteiger partial charge in [-0.25, -0.2) is 13.8 Å². The number of fused-ring (bicyclic) bond motifs is 1. The lowest BCUT2D eigenvalue weighted by Crippen LogP contribution is -2.49. The highest BCUT2D eigenvalue weighted by Gasteiger charge is 2.40. The van der Waals surface area contributed by atoms with E-state index in [1.165, 1.54) is 18.2 Å². The quantitative estimate of drug-likeness (QED) is 0.534. The Balaban J connectivity index is 1.41. The van der Waals surface area contributed by atoms with Crippen LogP contribution in [0.4, 0.5) is 8.78 Å². The van der Waals surface area contributed by atoms with Gasteiger partial charge in [-0.3, -0.25) is 9.79 Å². The van der Waals surface area contributed by atoms with E-state index < -0.39 is 6.04 Å². The number of rotatable bonds is 4. The maximum Gasteiger partial charge on any atom is 0.249 e. The molecule has 0 saturated carbocycles. The van der Waals surface area contributed by atoms with E-state index in [0.29, 0.717) is 18.6 Å². The van der Waals surface area contributed by atoms with Crippen molar-refractivity contribution in [3.05, 3.63) is 71.2 Å². The Morgan fingerprint density at radius 3 is 2.70 bits per heavy atom. The van der Waals surface area contributed by atoms with E-state index in [0.717, 1.165) is 41.3 Å². The summed E-state index contributed by atoms with van der Waals surface area (Å²) in [5.41, 5.74) is 2.94. The van der Waals surface area contributed by atoms with E-state index in [2.05, 4.69) is 9.98 Å². The average molecular weight is 469 g/mol. The van der Waals surface area contributed by atoms with Crippen LogP contribution in [0.5, 0.6) is 0 Å². The highest BCUT2D eigenvalue weighted by atomic mass is 32.2. The van der Waals surface area contributed by atoms with Gasteiger partial charge in [0.2, 0.25) is 5.91 Å². The van der Waals surface area contributed by atoms with Crippen LogP contribution in [0.3, 0.4) is 0 Å². The largest absolute Gasteiger partial charge is 0.337 e. The summed E-state index contributed by atoms with van der Waals surface area (Å²) in [6.07, 6.45) is 5.27. The molecule has 2 aliphatic rings. The van der Waals surface area contributed by atoms with E-state index >= 15 is 0 Å². The van der Waals surface area contributed by atoms with Crippen LogP contribution in [0.25, 0.3) is 5.65 Å². The topological polar surface area (TPSA) is 50.0 Å². The molecule has 5 nitrogen and oxygen atoms in total. The summed E-state index contributed by atoms with van der Waals surface area (Å²) in [5, 5.41) is 0.703. The first-order valence-corrected chi connectivity index (χ1v) is 12.2. The van der Waals surface area contributed by atoms with Gasteiger partial charge in [0.1, 0.15) is 11.9 Å². The van der Waals surface area contributed by atoms with Gasteiger partial charge in [-0.05, 0) is 62.9 Å². The third kappa shape index (κ3) is 4.16. The number of piperidine rings is 1. The summed E-state index contributed by atoms with van der Waals surface area (Å²) in [4.78, 5) is 24.9. The van der Waals surface area contributed by atoms with Crippen LogP contribution in [-0.4, -0.2) is 43.9 Å². The predicted molar refractivity (Wildman–Crippen MR) is 127 cm³/mol. The number of aromatic nitrogens is 2. The van der Waals surface area contributed by atoms with Gasteiger partial charge in [-0.2, -0.15) is 0 Å². The molecule has 0 aliphatic carbocycles. The number of thioether (sulfide) groups is 1. The number of benzene rings is 1. The number of likely N-dealkylation sites (tertiary alicyclic amines) is 1. The van der Waals surface area contributed by atoms with Crippen molar-refractivity contribution in [1.29, 1.82) is 0 Å². The van der Waals surface area contributed by atoms with E-state index in [9.17, 15) is 13.6 Å². The van der Waals surface area contributed by atoms with Crippen molar-refractivity contribution >= 4 is 28.4 Å². The molecular formula is C25H26F2N4OS. The zero-order valence-electron chi connectivity index (χ0n) is 18.7. The lowest BCUT2D eigenvalue weighted by Gasteiger charge is -2.37. The van der Waals surface area contributed by atoms with E-state index in [1.54, 1.807) is 34.4 Å². The molecule has 33 heavy (non-hydrogen) atoms. The average Bonchev–Trinajstić information content (AvgIpc) is 3.35. The molecule has 0 bridgehead atoms. The fraction of sp³-hybridized carbons (Fsp3) is 0.400. The second kappa shape index (κ2) is 8.89. The number of aryl methyl sites for hydroxylation is 1. The van der Waals surface area contributed by atoms with E-state index in [4.69, 9.17) is 0 Å². The van der Waals surface area contributed by atoms with E-state index in [1.807, 2.05) is 24.9 Å². The van der Waals surface area contributed by atoms with Crippen molar-refractivity contribution in [3.63, 3.8) is 0 Å². The highest BCUT2D eigenvalue weighted by Crippen LogP contribution is 2.41. The number of aliphatic imine (C=N–C) groups is 1. The standard InChI is InChI=1S/C25H26F2N4OS/c1-15-21(29-24-20(27)7-5-13-30(15)24)14-19-6-3-4-12-31(19)25(32)22-23(33-16(2)28-22)17-8-10-18(26)11-9-17/h5,7-11,13,19,22-23H,3-4,6,12,14H2,1-2H3/t19-,22?,23?/m0/s1. The summed E-state index contributed by atoms with van der Waals surface area (Å²) in [5.74, 6) is -0.637. The monoisotopic (exact) mass is 468 g/mol. The predicted octanol–water partition coefficient (Wildman–Crippen LogP) is 5.12. The van der Waals surface area contributed by atoms with Gasteiger partial charge >= 0.3 is 0 Å². The lowest BCUT2D eigenvalue weighted by molar-refractivity contribution is -0.136. The summed E-state index contributed by atoms with van der Waals surface area (Å²) in [7, 11) is 0. The molecule has 2 aliphatic heterocycles. The van der Waals surface area contributed by atoms with Crippen molar-refractivity contribution in [2.45, 2.75) is 56.9 Å². The Labute approximate surface area is 195 Å². The van der Waals surface area contributed by atoms with Crippen LogP contribution in [0.15, 0.2) is 47.6 Å². The number of imidazole rings is 1. The molecule has 0 N–H and O–H groups in total. The number of nitrogens with zero attached hydrogens (tertiary/aromatic N) is 4. The number of carbonyl (C=O) groups is 1. The zero-order chi connectivity index (χ0) is 23.1. The maximum atomic E-state index is 14.2. The molecule has 8 heteroatoms. The van der Waals surface area contributed by atoms with Gasteiger partial charge in [0.05, 0.1) is 16.0 Å². The third-order valence-corrected chi connectivity index (χ3v) is 7.87. The molecule has 1 fully saturated rings. The van der Waals surface area contributed by atoms with Crippen molar-refractivity contribution in [1.82, 2.24) is 14.3 Å². The van der Waals surface area contributed by atoms with Gasteiger partial charge < -0.3 is 9.30 Å². The first-order valence-electron chi connectivity index (χ1n) is 11.3. The Bertz CT molecular complexity index is 1220. The van der Waals surface area contributed by atoms with Crippen molar-refractivity contribution in [3.8, 4) is 0 Å². The lowest BCUT2D eigenvalue weighted by atomic mass is 9.95. The highest BCUT2D eigenvalue weighted by molar-refractivity contribution is 8.14. The molecule has 2 unspecified atom stereocenters. The first-order chi connectivity index (χ1) is 15.9. The summed E-state index contributed by atoms with van der Waals surface area (Å²) in [6, 6.07) is 8.89. The molecule has 1 amide bonds. The zero-order valence-corrected chi connectivity index (χ0v) is 19.5. The van der Waals surface area contributed by atoms with Crippen molar-refractivity contribution < 1.29 is 13.6 Å². The fourth-order valence-electron chi connectivity index (χ4n) is 4.92. The number of halogens is 2. The molecule has 3 atom stereocenters. The second-order valence-corrected chi connectivity index (χ2v) is 10.1. The van der Waals surface area contributed by atoms with Gasteiger partial charge in [0.25, 0.3) is 0 Å². The first kappa shape index (κ1) is 22.1. The summed E-state index contributed by atoms with van der Waals surface area (Å²) < 4.78 is 29.5. The van der Waals surface area contributed by atoms with Crippen LogP contribution < -0.4 is 0 Å². The van der Waals surface area contributed by atoms with Crippen LogP contribution in [0, 0.1) is 18.6 Å². The molecule has 1 saturated heterocycles. The third-order valence-electron chi connectivity index (χ3n) is 6.64. The number of amides is 1. The number of hydrogen-bond acceptors (Lipinski definition) is 4. The molecule has 1 aromatic carbocycles. The Morgan fingerprint density at radius 1 is 1.15 bits per heavy atom. The number of carbonyl (C=O) groups excluding carboxylic acids is 1. The molecule has 2 aromatic heterocycles. The Morgan fingerprint density at radius 2 is 1.94 bits per heavy atom.